The zero-order chi connectivity index (χ0) is 22.8. The van der Waals surface area contributed by atoms with Crippen LogP contribution in [-0.2, 0) is 11.2 Å². The van der Waals surface area contributed by atoms with Gasteiger partial charge in [0.2, 0.25) is 5.91 Å². The Balaban J connectivity index is 1.29. The Bertz CT molecular complexity index is 1280. The molecular weight excluding hydrogens is 435 g/mol. The fourth-order valence-electron chi connectivity index (χ4n) is 4.64. The molecule has 5 rings (SSSR count). The fraction of sp³-hybridized carbons (Fsp3) is 0.346. The van der Waals surface area contributed by atoms with E-state index in [1.165, 1.54) is 29.3 Å². The van der Waals surface area contributed by atoms with Gasteiger partial charge in [-0.3, -0.25) is 4.79 Å². The maximum Gasteiger partial charge on any atom is 0.225 e. The van der Waals surface area contributed by atoms with E-state index in [1.54, 1.807) is 6.07 Å². The number of anilines is 1. The minimum absolute atomic E-state index is 0.0888. The van der Waals surface area contributed by atoms with Crippen molar-refractivity contribution in [1.82, 2.24) is 15.3 Å². The van der Waals surface area contributed by atoms with Gasteiger partial charge >= 0.3 is 0 Å². The highest BCUT2D eigenvalue weighted by Crippen LogP contribution is 2.39. The molecule has 1 aliphatic rings. The van der Waals surface area contributed by atoms with Gasteiger partial charge in [-0.2, -0.15) is 0 Å². The second-order valence-electron chi connectivity index (χ2n) is 8.81. The number of piperidine rings is 1. The lowest BCUT2D eigenvalue weighted by Crippen LogP contribution is -2.45. The maximum absolute atomic E-state index is 14.5. The summed E-state index contributed by atoms with van der Waals surface area (Å²) in [4.78, 5) is 24.1. The Morgan fingerprint density at radius 2 is 2.06 bits per heavy atom. The van der Waals surface area contributed by atoms with Gasteiger partial charge in [-0.1, -0.05) is 36.4 Å². The molecule has 2 aromatic carbocycles. The number of carbonyl (C=O) groups excluding carboxylic acids is 1. The summed E-state index contributed by atoms with van der Waals surface area (Å²) in [5, 5.41) is 3.77. The number of rotatable bonds is 6. The van der Waals surface area contributed by atoms with Crippen LogP contribution >= 0.6 is 11.3 Å². The molecule has 0 saturated carbocycles. The Kier molecular flexibility index (Phi) is 6.22. The average molecular weight is 463 g/mol. The second-order valence-corrected chi connectivity index (χ2v) is 9.86. The first kappa shape index (κ1) is 21.8. The molecular formula is C26H27FN4OS. The van der Waals surface area contributed by atoms with E-state index in [4.69, 9.17) is 0 Å². The SMILES string of the molecule is C[C@@H](CCc1ccccc1)NC(=O)[C@H]1CCCN(c2ncnc3c2sc2cccc(F)c23)C1. The van der Waals surface area contributed by atoms with Crippen LogP contribution in [-0.4, -0.2) is 35.0 Å². The number of benzene rings is 2. The fourth-order valence-corrected chi connectivity index (χ4v) is 5.82. The van der Waals surface area contributed by atoms with Crippen molar-refractivity contribution < 1.29 is 9.18 Å². The van der Waals surface area contributed by atoms with Crippen molar-refractivity contribution in [3.8, 4) is 0 Å². The van der Waals surface area contributed by atoms with Crippen LogP contribution in [0.25, 0.3) is 20.3 Å². The standard InChI is InChI=1S/C26H27FN4OS/c1-17(12-13-18-7-3-2-4-8-18)30-26(32)19-9-6-14-31(15-19)25-24-23(28-16-29-25)22-20(27)10-5-11-21(22)33-24/h2-5,7-8,10-11,16-17,19H,6,9,12-15H2,1H3,(H,30,32)/t17-,19-/m0/s1. The zero-order valence-corrected chi connectivity index (χ0v) is 19.4. The quantitative estimate of drug-likeness (QED) is 0.420. The molecule has 3 heterocycles. The van der Waals surface area contributed by atoms with E-state index in [9.17, 15) is 9.18 Å². The van der Waals surface area contributed by atoms with E-state index in [0.717, 1.165) is 47.4 Å². The van der Waals surface area contributed by atoms with Gasteiger partial charge in [-0.05, 0) is 50.3 Å². The van der Waals surface area contributed by atoms with Crippen molar-refractivity contribution in [1.29, 1.82) is 0 Å². The highest BCUT2D eigenvalue weighted by Gasteiger charge is 2.29. The number of nitrogens with one attached hydrogen (secondary N) is 1. The molecule has 2 aromatic heterocycles. The third-order valence-corrected chi connectivity index (χ3v) is 7.54. The van der Waals surface area contributed by atoms with E-state index < -0.39 is 0 Å². The van der Waals surface area contributed by atoms with Crippen molar-refractivity contribution in [2.45, 2.75) is 38.6 Å². The Morgan fingerprint density at radius 1 is 1.21 bits per heavy atom. The lowest BCUT2D eigenvalue weighted by Gasteiger charge is -2.33. The number of carbonyl (C=O) groups is 1. The van der Waals surface area contributed by atoms with Crippen molar-refractivity contribution in [3.05, 3.63) is 66.2 Å². The van der Waals surface area contributed by atoms with Crippen LogP contribution in [0, 0.1) is 11.7 Å². The molecule has 0 radical (unpaired) electrons. The van der Waals surface area contributed by atoms with Gasteiger partial charge in [0.1, 0.15) is 18.0 Å². The lowest BCUT2D eigenvalue weighted by molar-refractivity contribution is -0.125. The molecule has 1 amide bonds. The van der Waals surface area contributed by atoms with Crippen LogP contribution in [0.5, 0.6) is 0 Å². The molecule has 1 aliphatic heterocycles. The van der Waals surface area contributed by atoms with E-state index >= 15 is 0 Å². The molecule has 33 heavy (non-hydrogen) atoms. The first-order chi connectivity index (χ1) is 16.1. The molecule has 1 fully saturated rings. The van der Waals surface area contributed by atoms with Gasteiger partial charge in [0.25, 0.3) is 0 Å². The van der Waals surface area contributed by atoms with Gasteiger partial charge in [0.05, 0.1) is 21.5 Å². The molecule has 7 heteroatoms. The molecule has 1 N–H and O–H groups in total. The van der Waals surface area contributed by atoms with Crippen LogP contribution in [0.4, 0.5) is 10.2 Å². The molecule has 5 nitrogen and oxygen atoms in total. The van der Waals surface area contributed by atoms with E-state index in [1.807, 2.05) is 24.3 Å². The third kappa shape index (κ3) is 4.55. The van der Waals surface area contributed by atoms with Crippen LogP contribution in [0.1, 0.15) is 31.7 Å². The van der Waals surface area contributed by atoms with Crippen LogP contribution in [0.3, 0.4) is 0 Å². The smallest absolute Gasteiger partial charge is 0.225 e. The number of halogens is 1. The van der Waals surface area contributed by atoms with Gasteiger partial charge in [-0.25, -0.2) is 14.4 Å². The molecule has 2 atom stereocenters. The largest absolute Gasteiger partial charge is 0.355 e. The van der Waals surface area contributed by atoms with Crippen molar-refractivity contribution in [2.75, 3.05) is 18.0 Å². The number of hydrogen-bond acceptors (Lipinski definition) is 5. The summed E-state index contributed by atoms with van der Waals surface area (Å²) < 4.78 is 16.2. The molecule has 0 aliphatic carbocycles. The number of thiophene rings is 1. The summed E-state index contributed by atoms with van der Waals surface area (Å²) in [6, 6.07) is 15.6. The number of hydrogen-bond donors (Lipinski definition) is 1. The number of nitrogens with zero attached hydrogens (tertiary/aromatic N) is 3. The number of aromatic nitrogens is 2. The summed E-state index contributed by atoms with van der Waals surface area (Å²) >= 11 is 1.51. The van der Waals surface area contributed by atoms with Gasteiger partial charge in [0, 0.05) is 23.8 Å². The first-order valence-electron chi connectivity index (χ1n) is 11.5. The number of aryl methyl sites for hydroxylation is 1. The van der Waals surface area contributed by atoms with Crippen molar-refractivity contribution in [2.24, 2.45) is 5.92 Å². The third-order valence-electron chi connectivity index (χ3n) is 6.40. The predicted molar refractivity (Wildman–Crippen MR) is 132 cm³/mol. The summed E-state index contributed by atoms with van der Waals surface area (Å²) in [5.74, 6) is 0.556. The number of fused-ring (bicyclic) bond motifs is 3. The molecule has 170 valence electrons. The number of amides is 1. The molecule has 4 aromatic rings. The topological polar surface area (TPSA) is 58.1 Å². The minimum Gasteiger partial charge on any atom is -0.355 e. The summed E-state index contributed by atoms with van der Waals surface area (Å²) in [6.07, 6.45) is 5.14. The van der Waals surface area contributed by atoms with Crippen molar-refractivity contribution in [3.63, 3.8) is 0 Å². The summed E-state index contributed by atoms with van der Waals surface area (Å²) in [7, 11) is 0. The normalized spacial score (nSPS) is 17.4. The Morgan fingerprint density at radius 3 is 2.91 bits per heavy atom. The summed E-state index contributed by atoms with van der Waals surface area (Å²) in [6.45, 7) is 3.51. The Labute approximate surface area is 196 Å². The Hall–Kier alpha value is -3.06. The van der Waals surface area contributed by atoms with E-state index in [2.05, 4.69) is 39.2 Å². The predicted octanol–water partition coefficient (Wildman–Crippen LogP) is 5.34. The van der Waals surface area contributed by atoms with Gasteiger partial charge in [-0.15, -0.1) is 11.3 Å². The van der Waals surface area contributed by atoms with E-state index in [0.29, 0.717) is 17.4 Å². The highest BCUT2D eigenvalue weighted by molar-refractivity contribution is 7.26. The molecule has 0 unspecified atom stereocenters. The first-order valence-corrected chi connectivity index (χ1v) is 12.3. The monoisotopic (exact) mass is 462 g/mol. The molecule has 1 saturated heterocycles. The lowest BCUT2D eigenvalue weighted by atomic mass is 9.96. The van der Waals surface area contributed by atoms with Crippen LogP contribution < -0.4 is 10.2 Å². The molecule has 0 bridgehead atoms. The van der Waals surface area contributed by atoms with Crippen molar-refractivity contribution >= 4 is 43.4 Å². The summed E-state index contributed by atoms with van der Waals surface area (Å²) in [5.41, 5.74) is 1.94. The average Bonchev–Trinajstić information content (AvgIpc) is 3.23. The van der Waals surface area contributed by atoms with Gasteiger partial charge in [0.15, 0.2) is 0 Å². The zero-order valence-electron chi connectivity index (χ0n) is 18.6. The second kappa shape index (κ2) is 9.43. The minimum atomic E-state index is -0.260. The van der Waals surface area contributed by atoms with Crippen LogP contribution in [0.15, 0.2) is 54.9 Å². The van der Waals surface area contributed by atoms with E-state index in [-0.39, 0.29) is 23.7 Å². The van der Waals surface area contributed by atoms with Crippen LogP contribution in [0.2, 0.25) is 0 Å². The highest BCUT2D eigenvalue weighted by atomic mass is 32.1. The van der Waals surface area contributed by atoms with Gasteiger partial charge < -0.3 is 10.2 Å². The molecule has 0 spiro atoms. The maximum atomic E-state index is 14.5.